The van der Waals surface area contributed by atoms with Gasteiger partial charge in [0.05, 0.1) is 11.3 Å². The first-order chi connectivity index (χ1) is 11.4. The van der Waals surface area contributed by atoms with E-state index in [0.717, 1.165) is 22.0 Å². The lowest BCUT2D eigenvalue weighted by molar-refractivity contribution is -0.114. The number of H-pyrrole nitrogens is 1. The number of urea groups is 1. The number of aromatic nitrogens is 1. The third-order valence-corrected chi connectivity index (χ3v) is 4.65. The van der Waals surface area contributed by atoms with Gasteiger partial charge in [-0.25, -0.2) is 4.79 Å². The third kappa shape index (κ3) is 2.59. The zero-order valence-electron chi connectivity index (χ0n) is 12.9. The SMILES string of the molecule is CC1C(=S)C(NC(N)=O)=C(C(N)=O)C=C1c1c[nH]c2ccccc12. The molecular weight excluding hydrogens is 324 g/mol. The van der Waals surface area contributed by atoms with Crippen LogP contribution in [0.25, 0.3) is 16.5 Å². The molecule has 2 aromatic rings. The highest BCUT2D eigenvalue weighted by molar-refractivity contribution is 7.81. The van der Waals surface area contributed by atoms with Crippen molar-refractivity contribution in [1.29, 1.82) is 0 Å². The highest BCUT2D eigenvalue weighted by Crippen LogP contribution is 2.36. The first-order valence-electron chi connectivity index (χ1n) is 7.33. The van der Waals surface area contributed by atoms with Gasteiger partial charge in [-0.15, -0.1) is 0 Å². The lowest BCUT2D eigenvalue weighted by Gasteiger charge is -2.25. The Hall–Kier alpha value is -2.93. The maximum absolute atomic E-state index is 11.8. The molecular formula is C17H16N4O2S. The van der Waals surface area contributed by atoms with Crippen molar-refractivity contribution in [2.45, 2.75) is 6.92 Å². The van der Waals surface area contributed by atoms with Crippen molar-refractivity contribution < 1.29 is 9.59 Å². The third-order valence-electron chi connectivity index (χ3n) is 4.09. The molecule has 0 saturated heterocycles. The van der Waals surface area contributed by atoms with Gasteiger partial charge in [0.1, 0.15) is 0 Å². The fraction of sp³-hybridized carbons (Fsp3) is 0.118. The quantitative estimate of drug-likeness (QED) is 0.641. The molecule has 1 aromatic heterocycles. The molecule has 1 heterocycles. The Labute approximate surface area is 143 Å². The largest absolute Gasteiger partial charge is 0.366 e. The van der Waals surface area contributed by atoms with E-state index >= 15 is 0 Å². The van der Waals surface area contributed by atoms with Gasteiger partial charge in [-0.05, 0) is 17.7 Å². The molecule has 0 bridgehead atoms. The molecule has 0 saturated carbocycles. The van der Waals surface area contributed by atoms with E-state index in [1.807, 2.05) is 37.4 Å². The van der Waals surface area contributed by atoms with Gasteiger partial charge in [0.25, 0.3) is 5.91 Å². The first-order valence-corrected chi connectivity index (χ1v) is 7.73. The monoisotopic (exact) mass is 340 g/mol. The molecule has 6 N–H and O–H groups in total. The van der Waals surface area contributed by atoms with Crippen molar-refractivity contribution in [3.63, 3.8) is 0 Å². The zero-order valence-corrected chi connectivity index (χ0v) is 13.7. The summed E-state index contributed by atoms with van der Waals surface area (Å²) in [6.45, 7) is 1.91. The summed E-state index contributed by atoms with van der Waals surface area (Å²) in [5, 5.41) is 3.44. The fourth-order valence-electron chi connectivity index (χ4n) is 2.91. The summed E-state index contributed by atoms with van der Waals surface area (Å²) in [6, 6.07) is 7.05. The van der Waals surface area contributed by atoms with Crippen LogP contribution in [0.1, 0.15) is 12.5 Å². The smallest absolute Gasteiger partial charge is 0.316 e. The van der Waals surface area contributed by atoms with E-state index in [0.29, 0.717) is 4.86 Å². The maximum atomic E-state index is 11.8. The van der Waals surface area contributed by atoms with E-state index in [1.54, 1.807) is 6.08 Å². The number of carbonyl (C=O) groups excluding carboxylic acids is 2. The van der Waals surface area contributed by atoms with Crippen LogP contribution in [0.3, 0.4) is 0 Å². The molecule has 6 nitrogen and oxygen atoms in total. The Bertz CT molecular complexity index is 939. The molecule has 122 valence electrons. The van der Waals surface area contributed by atoms with Crippen LogP contribution in [0.4, 0.5) is 4.79 Å². The van der Waals surface area contributed by atoms with E-state index in [-0.39, 0.29) is 17.2 Å². The Morgan fingerprint density at radius 1 is 1.25 bits per heavy atom. The normalized spacial score (nSPS) is 17.8. The minimum atomic E-state index is -0.790. The van der Waals surface area contributed by atoms with Crippen LogP contribution in [-0.2, 0) is 4.79 Å². The second-order valence-corrected chi connectivity index (χ2v) is 6.02. The maximum Gasteiger partial charge on any atom is 0.316 e. The van der Waals surface area contributed by atoms with E-state index in [2.05, 4.69) is 10.3 Å². The second kappa shape index (κ2) is 5.93. The minimum absolute atomic E-state index is 0.150. The van der Waals surface area contributed by atoms with Gasteiger partial charge in [-0.1, -0.05) is 37.3 Å². The molecule has 3 rings (SSSR count). The average Bonchev–Trinajstić information content (AvgIpc) is 2.95. The number of nitrogens with one attached hydrogen (secondary N) is 2. The number of primary amides is 2. The number of hydrogen-bond acceptors (Lipinski definition) is 3. The van der Waals surface area contributed by atoms with Gasteiger partial charge in [0, 0.05) is 33.4 Å². The topological polar surface area (TPSA) is 114 Å². The molecule has 0 aliphatic heterocycles. The molecule has 1 aliphatic carbocycles. The van der Waals surface area contributed by atoms with E-state index in [9.17, 15) is 9.59 Å². The number of para-hydroxylation sites is 1. The van der Waals surface area contributed by atoms with Gasteiger partial charge >= 0.3 is 6.03 Å². The van der Waals surface area contributed by atoms with Gasteiger partial charge in [-0.2, -0.15) is 0 Å². The van der Waals surface area contributed by atoms with Crippen LogP contribution < -0.4 is 16.8 Å². The molecule has 3 amide bonds. The Balaban J connectivity index is 2.21. The average molecular weight is 340 g/mol. The lowest BCUT2D eigenvalue weighted by atomic mass is 9.83. The number of benzene rings is 1. The predicted molar refractivity (Wildman–Crippen MR) is 97.0 cm³/mol. The fourth-order valence-corrected chi connectivity index (χ4v) is 3.20. The van der Waals surface area contributed by atoms with Gasteiger partial charge in [0.2, 0.25) is 0 Å². The summed E-state index contributed by atoms with van der Waals surface area (Å²) >= 11 is 5.45. The van der Waals surface area contributed by atoms with Crippen LogP contribution in [-0.4, -0.2) is 21.8 Å². The molecule has 0 radical (unpaired) electrons. The van der Waals surface area contributed by atoms with Crippen molar-refractivity contribution in [3.05, 3.63) is 53.4 Å². The van der Waals surface area contributed by atoms with Crippen LogP contribution in [0, 0.1) is 5.92 Å². The standard InChI is InChI=1S/C17H16N4O2S/c1-8-10(12-7-20-13-5-3-2-4-9(12)13)6-11(16(18)22)14(15(8)24)21-17(19)23/h2-8,20H,1H3,(H2,18,22)(H3,19,21,23). The molecule has 1 aromatic carbocycles. The Morgan fingerprint density at radius 2 is 1.96 bits per heavy atom. The summed E-state index contributed by atoms with van der Waals surface area (Å²) in [5.74, 6) is -0.866. The number of fused-ring (bicyclic) bond motifs is 1. The second-order valence-electron chi connectivity index (χ2n) is 5.58. The van der Waals surface area contributed by atoms with Crippen LogP contribution in [0.15, 0.2) is 47.8 Å². The van der Waals surface area contributed by atoms with Gasteiger partial charge in [0.15, 0.2) is 0 Å². The zero-order chi connectivity index (χ0) is 17.4. The number of nitrogens with two attached hydrogens (primary N) is 2. The van der Waals surface area contributed by atoms with E-state index in [4.69, 9.17) is 23.7 Å². The van der Waals surface area contributed by atoms with Crippen molar-refractivity contribution in [1.82, 2.24) is 10.3 Å². The number of rotatable bonds is 3. The van der Waals surface area contributed by atoms with Crippen LogP contribution in [0.5, 0.6) is 0 Å². The number of amides is 3. The molecule has 1 unspecified atom stereocenters. The van der Waals surface area contributed by atoms with Crippen molar-refractivity contribution >= 4 is 45.5 Å². The molecule has 1 aliphatic rings. The van der Waals surface area contributed by atoms with E-state index < -0.39 is 11.9 Å². The van der Waals surface area contributed by atoms with Crippen LogP contribution >= 0.6 is 12.2 Å². The van der Waals surface area contributed by atoms with Crippen molar-refractivity contribution in [2.24, 2.45) is 17.4 Å². The summed E-state index contributed by atoms with van der Waals surface area (Å²) in [5.41, 5.74) is 13.8. The first kappa shape index (κ1) is 15.9. The number of hydrogen-bond donors (Lipinski definition) is 4. The number of thiocarbonyl (C=S) groups is 1. The highest BCUT2D eigenvalue weighted by Gasteiger charge is 2.30. The van der Waals surface area contributed by atoms with Gasteiger partial charge in [-0.3, -0.25) is 4.79 Å². The van der Waals surface area contributed by atoms with E-state index in [1.165, 1.54) is 0 Å². The summed E-state index contributed by atoms with van der Waals surface area (Å²) in [4.78, 5) is 26.7. The lowest BCUT2D eigenvalue weighted by Crippen LogP contribution is -2.38. The highest BCUT2D eigenvalue weighted by atomic mass is 32.1. The Morgan fingerprint density at radius 3 is 2.62 bits per heavy atom. The molecule has 24 heavy (non-hydrogen) atoms. The molecule has 7 heteroatoms. The molecule has 0 fully saturated rings. The van der Waals surface area contributed by atoms with Gasteiger partial charge < -0.3 is 21.8 Å². The van der Waals surface area contributed by atoms with Crippen LogP contribution in [0.2, 0.25) is 0 Å². The summed E-state index contributed by atoms with van der Waals surface area (Å²) in [6.07, 6.45) is 3.55. The summed E-state index contributed by atoms with van der Waals surface area (Å²) < 4.78 is 0. The predicted octanol–water partition coefficient (Wildman–Crippen LogP) is 1.98. The van der Waals surface area contributed by atoms with Crippen molar-refractivity contribution in [3.8, 4) is 0 Å². The number of allylic oxidation sites excluding steroid dienone is 2. The van der Waals surface area contributed by atoms with Crippen molar-refractivity contribution in [2.75, 3.05) is 0 Å². The number of aromatic amines is 1. The molecule has 1 atom stereocenters. The Kier molecular flexibility index (Phi) is 3.94. The number of carbonyl (C=O) groups is 2. The molecule has 0 spiro atoms. The summed E-state index contributed by atoms with van der Waals surface area (Å²) in [7, 11) is 0. The minimum Gasteiger partial charge on any atom is -0.366 e.